The van der Waals surface area contributed by atoms with Crippen LogP contribution in [0.15, 0.2) is 82.6 Å². The van der Waals surface area contributed by atoms with Crippen molar-refractivity contribution in [1.29, 1.82) is 0 Å². The van der Waals surface area contributed by atoms with E-state index in [-0.39, 0.29) is 28.7 Å². The summed E-state index contributed by atoms with van der Waals surface area (Å²) < 4.78 is 36.3. The molecule has 4 rings (SSSR count). The van der Waals surface area contributed by atoms with Crippen molar-refractivity contribution in [3.8, 4) is 11.5 Å². The molecule has 0 N–H and O–H groups in total. The first-order valence-corrected chi connectivity index (χ1v) is 13.1. The van der Waals surface area contributed by atoms with Gasteiger partial charge in [-0.15, -0.1) is 0 Å². The van der Waals surface area contributed by atoms with Crippen molar-refractivity contribution in [2.45, 2.75) is 11.8 Å². The Labute approximate surface area is 212 Å². The molecule has 7 nitrogen and oxygen atoms in total. The maximum absolute atomic E-state index is 12.8. The molecule has 3 aromatic carbocycles. The number of imide groups is 1. The molecule has 2 amide bonds. The van der Waals surface area contributed by atoms with Crippen LogP contribution in [0.25, 0.3) is 6.08 Å². The fourth-order valence-electron chi connectivity index (χ4n) is 3.17. The Morgan fingerprint density at radius 3 is 2.37 bits per heavy atom. The number of para-hydroxylation sites is 1. The highest BCUT2D eigenvalue weighted by molar-refractivity contribution is 8.18. The third-order valence-electron chi connectivity index (χ3n) is 4.99. The van der Waals surface area contributed by atoms with E-state index >= 15 is 0 Å². The summed E-state index contributed by atoms with van der Waals surface area (Å²) >= 11 is 6.60. The number of ether oxygens (including phenoxy) is 1. The number of thioether (sulfide) groups is 1. The van der Waals surface area contributed by atoms with Crippen molar-refractivity contribution in [3.05, 3.63) is 93.9 Å². The SMILES string of the molecule is Cc1ccc(OCCN2C(=O)S/C(=C\c3ccccc3OS(=O)(=O)c3ccc(Cl)cc3)C2=O)cc1. The highest BCUT2D eigenvalue weighted by Crippen LogP contribution is 2.34. The second-order valence-corrected chi connectivity index (χ2v) is 10.5. The van der Waals surface area contributed by atoms with Crippen molar-refractivity contribution in [2.75, 3.05) is 13.2 Å². The summed E-state index contributed by atoms with van der Waals surface area (Å²) in [6, 6.07) is 19.4. The molecule has 0 radical (unpaired) electrons. The molecule has 0 aliphatic carbocycles. The van der Waals surface area contributed by atoms with Gasteiger partial charge in [0.1, 0.15) is 23.0 Å². The van der Waals surface area contributed by atoms with Gasteiger partial charge in [0, 0.05) is 10.6 Å². The van der Waals surface area contributed by atoms with Crippen molar-refractivity contribution in [2.24, 2.45) is 0 Å². The van der Waals surface area contributed by atoms with Crippen molar-refractivity contribution < 1.29 is 26.9 Å². The topological polar surface area (TPSA) is 90.0 Å². The predicted octanol–water partition coefficient (Wildman–Crippen LogP) is 5.53. The largest absolute Gasteiger partial charge is 0.492 e. The number of hydrogen-bond donors (Lipinski definition) is 0. The standard InChI is InChI=1S/C25H20ClNO6S2/c1-17-6-10-20(11-7-17)32-15-14-27-24(28)23(34-25(27)29)16-18-4-2-3-5-22(18)33-35(30,31)21-12-8-19(26)9-13-21/h2-13,16H,14-15H2,1H3/b23-16-. The fourth-order valence-corrected chi connectivity index (χ4v) is 5.10. The van der Waals surface area contributed by atoms with E-state index < -0.39 is 21.3 Å². The molecular formula is C25H20ClNO6S2. The molecule has 0 atom stereocenters. The Hall–Kier alpha value is -3.27. The number of carbonyl (C=O) groups is 2. The highest BCUT2D eigenvalue weighted by Gasteiger charge is 2.35. The summed E-state index contributed by atoms with van der Waals surface area (Å²) in [4.78, 5) is 26.5. The lowest BCUT2D eigenvalue weighted by Gasteiger charge is -2.13. The van der Waals surface area contributed by atoms with Gasteiger partial charge in [0.2, 0.25) is 0 Å². The Morgan fingerprint density at radius 2 is 1.66 bits per heavy atom. The summed E-state index contributed by atoms with van der Waals surface area (Å²) in [6.07, 6.45) is 1.44. The van der Waals surface area contributed by atoms with Crippen LogP contribution in [-0.2, 0) is 14.9 Å². The van der Waals surface area contributed by atoms with Gasteiger partial charge in [-0.2, -0.15) is 8.42 Å². The first-order chi connectivity index (χ1) is 16.7. The smallest absolute Gasteiger partial charge is 0.339 e. The summed E-state index contributed by atoms with van der Waals surface area (Å²) in [5.74, 6) is 0.186. The van der Waals surface area contributed by atoms with E-state index in [1.807, 2.05) is 31.2 Å². The second kappa shape index (κ2) is 10.6. The van der Waals surface area contributed by atoms with Crippen molar-refractivity contribution >= 4 is 50.7 Å². The van der Waals surface area contributed by atoms with Crippen molar-refractivity contribution in [1.82, 2.24) is 4.90 Å². The van der Waals surface area contributed by atoms with E-state index in [4.69, 9.17) is 20.5 Å². The quantitative estimate of drug-likeness (QED) is 0.280. The van der Waals surface area contributed by atoms with Gasteiger partial charge in [-0.3, -0.25) is 14.5 Å². The normalized spacial score (nSPS) is 15.0. The van der Waals surface area contributed by atoms with Crippen LogP contribution in [-0.4, -0.2) is 37.6 Å². The van der Waals surface area contributed by atoms with Gasteiger partial charge < -0.3 is 8.92 Å². The summed E-state index contributed by atoms with van der Waals surface area (Å²) in [5, 5.41) is -0.0368. The number of carbonyl (C=O) groups excluding carboxylic acids is 2. The van der Waals surface area contributed by atoms with Gasteiger partial charge in [0.25, 0.3) is 11.1 Å². The Bertz CT molecular complexity index is 1390. The molecule has 1 aliphatic rings. The minimum Gasteiger partial charge on any atom is -0.492 e. The molecule has 1 heterocycles. The van der Waals surface area contributed by atoms with E-state index in [0.29, 0.717) is 16.3 Å². The maximum atomic E-state index is 12.8. The third kappa shape index (κ3) is 6.05. The summed E-state index contributed by atoms with van der Waals surface area (Å²) in [7, 11) is -4.14. The molecule has 1 fully saturated rings. The molecule has 0 saturated carbocycles. The van der Waals surface area contributed by atoms with E-state index in [1.165, 1.54) is 36.4 Å². The lowest BCUT2D eigenvalue weighted by atomic mass is 10.2. The van der Waals surface area contributed by atoms with E-state index in [1.54, 1.807) is 18.2 Å². The molecule has 35 heavy (non-hydrogen) atoms. The van der Waals surface area contributed by atoms with Crippen LogP contribution in [0.4, 0.5) is 4.79 Å². The zero-order valence-electron chi connectivity index (χ0n) is 18.5. The minimum atomic E-state index is -4.14. The number of nitrogens with zero attached hydrogens (tertiary/aromatic N) is 1. The van der Waals surface area contributed by atoms with Crippen LogP contribution >= 0.6 is 23.4 Å². The average molecular weight is 530 g/mol. The number of hydrogen-bond acceptors (Lipinski definition) is 7. The Balaban J connectivity index is 1.47. The lowest BCUT2D eigenvalue weighted by molar-refractivity contribution is -0.123. The van der Waals surface area contributed by atoms with E-state index in [9.17, 15) is 18.0 Å². The molecule has 0 aromatic heterocycles. The van der Waals surface area contributed by atoms with Crippen LogP contribution in [0.5, 0.6) is 11.5 Å². The monoisotopic (exact) mass is 529 g/mol. The van der Waals surface area contributed by atoms with Crippen LogP contribution in [0.3, 0.4) is 0 Å². The highest BCUT2D eigenvalue weighted by atomic mass is 35.5. The first-order valence-electron chi connectivity index (χ1n) is 10.5. The molecular weight excluding hydrogens is 510 g/mol. The van der Waals surface area contributed by atoms with Gasteiger partial charge in [-0.05, 0) is 67.2 Å². The molecule has 10 heteroatoms. The molecule has 1 aliphatic heterocycles. The van der Waals surface area contributed by atoms with Gasteiger partial charge in [0.05, 0.1) is 11.4 Å². The molecule has 3 aromatic rings. The maximum Gasteiger partial charge on any atom is 0.339 e. The van der Waals surface area contributed by atoms with Crippen LogP contribution in [0.2, 0.25) is 5.02 Å². The number of halogens is 1. The number of amides is 2. The van der Waals surface area contributed by atoms with E-state index in [2.05, 4.69) is 0 Å². The summed E-state index contributed by atoms with van der Waals surface area (Å²) in [6.45, 7) is 2.19. The van der Waals surface area contributed by atoms with Crippen molar-refractivity contribution in [3.63, 3.8) is 0 Å². The summed E-state index contributed by atoms with van der Waals surface area (Å²) in [5.41, 5.74) is 1.44. The second-order valence-electron chi connectivity index (χ2n) is 7.52. The van der Waals surface area contributed by atoms with E-state index in [0.717, 1.165) is 22.2 Å². The van der Waals surface area contributed by atoms with Gasteiger partial charge in [-0.1, -0.05) is 47.5 Å². The number of benzene rings is 3. The molecule has 1 saturated heterocycles. The molecule has 0 spiro atoms. The van der Waals surface area contributed by atoms with Gasteiger partial charge >= 0.3 is 10.1 Å². The first kappa shape index (κ1) is 24.8. The van der Waals surface area contributed by atoms with Crippen LogP contribution in [0, 0.1) is 6.92 Å². The molecule has 180 valence electrons. The zero-order chi connectivity index (χ0) is 25.0. The zero-order valence-corrected chi connectivity index (χ0v) is 20.9. The Kier molecular flexibility index (Phi) is 7.49. The van der Waals surface area contributed by atoms with Gasteiger partial charge in [0.15, 0.2) is 0 Å². The van der Waals surface area contributed by atoms with Gasteiger partial charge in [-0.25, -0.2) is 0 Å². The predicted molar refractivity (Wildman–Crippen MR) is 135 cm³/mol. The van der Waals surface area contributed by atoms with Crippen LogP contribution in [0.1, 0.15) is 11.1 Å². The third-order valence-corrected chi connectivity index (χ3v) is 7.39. The number of rotatable bonds is 8. The molecule has 0 unspecified atom stereocenters. The number of aryl methyl sites for hydroxylation is 1. The minimum absolute atomic E-state index is 0.0250. The fraction of sp³-hybridized carbons (Fsp3) is 0.120. The Morgan fingerprint density at radius 1 is 0.971 bits per heavy atom. The molecule has 0 bridgehead atoms. The lowest BCUT2D eigenvalue weighted by Crippen LogP contribution is -2.32. The average Bonchev–Trinajstić information content (AvgIpc) is 3.09. The van der Waals surface area contributed by atoms with Crippen LogP contribution < -0.4 is 8.92 Å².